The van der Waals surface area contributed by atoms with Gasteiger partial charge in [0.1, 0.15) is 11.4 Å². The van der Waals surface area contributed by atoms with Gasteiger partial charge in [0.25, 0.3) is 0 Å². The number of hydrogen-bond donors (Lipinski definition) is 1. The minimum absolute atomic E-state index is 0.0581. The molecule has 0 radical (unpaired) electrons. The normalized spacial score (nSPS) is 24.4. The molecule has 0 aromatic heterocycles. The van der Waals surface area contributed by atoms with Gasteiger partial charge < -0.3 is 19.7 Å². The maximum absolute atomic E-state index is 12.6. The molecule has 1 N–H and O–H groups in total. The fraction of sp³-hybridized carbons (Fsp3) is 0.619. The van der Waals surface area contributed by atoms with Crippen molar-refractivity contribution in [3.63, 3.8) is 0 Å². The lowest BCUT2D eigenvalue weighted by Crippen LogP contribution is -2.63. The molecule has 1 aliphatic carbocycles. The number of carbonyl (C=O) groups excluding carboxylic acids is 2. The predicted molar refractivity (Wildman–Crippen MR) is 100 cm³/mol. The van der Waals surface area contributed by atoms with Gasteiger partial charge in [0, 0.05) is 17.5 Å². The summed E-state index contributed by atoms with van der Waals surface area (Å²) < 4.78 is 11.5. The van der Waals surface area contributed by atoms with Crippen LogP contribution in [0.25, 0.3) is 0 Å². The second-order valence-corrected chi connectivity index (χ2v) is 8.47. The Bertz CT molecular complexity index is 737. The summed E-state index contributed by atoms with van der Waals surface area (Å²) in [5.74, 6) is 1.000. The number of hydrogen-bond acceptors (Lipinski definition) is 4. The molecule has 1 aromatic carbocycles. The standard InChI is InChI=1S/C21H28N2O4/c1-20(9-10-20)19(25)22-12-16-7-8-21(27-16)13-23(14-21)18(24)11-15-5-3-4-6-17(15)26-2/h3-6,16H,7-14H2,1-2H3,(H,22,25). The summed E-state index contributed by atoms with van der Waals surface area (Å²) in [6.07, 6.45) is 4.25. The van der Waals surface area contributed by atoms with Crippen LogP contribution >= 0.6 is 0 Å². The molecule has 1 atom stereocenters. The molecule has 3 fully saturated rings. The Kier molecular flexibility index (Phi) is 4.62. The largest absolute Gasteiger partial charge is 0.496 e. The lowest BCUT2D eigenvalue weighted by Gasteiger charge is -2.47. The molecule has 2 saturated heterocycles. The van der Waals surface area contributed by atoms with E-state index in [4.69, 9.17) is 9.47 Å². The third kappa shape index (κ3) is 3.68. The number of para-hydroxylation sites is 1. The van der Waals surface area contributed by atoms with Gasteiger partial charge in [-0.05, 0) is 31.7 Å². The van der Waals surface area contributed by atoms with Crippen LogP contribution < -0.4 is 10.1 Å². The van der Waals surface area contributed by atoms with Crippen molar-refractivity contribution in [1.82, 2.24) is 10.2 Å². The zero-order valence-corrected chi connectivity index (χ0v) is 16.1. The van der Waals surface area contributed by atoms with Gasteiger partial charge in [0.2, 0.25) is 11.8 Å². The molecule has 6 nitrogen and oxygen atoms in total. The Hall–Kier alpha value is -2.08. The summed E-state index contributed by atoms with van der Waals surface area (Å²) in [7, 11) is 1.62. The van der Waals surface area contributed by atoms with E-state index in [9.17, 15) is 9.59 Å². The summed E-state index contributed by atoms with van der Waals surface area (Å²) >= 11 is 0. The predicted octanol–water partition coefficient (Wildman–Crippen LogP) is 1.91. The highest BCUT2D eigenvalue weighted by molar-refractivity contribution is 5.84. The smallest absolute Gasteiger partial charge is 0.227 e. The molecule has 1 unspecified atom stereocenters. The minimum Gasteiger partial charge on any atom is -0.496 e. The van der Waals surface area contributed by atoms with Gasteiger partial charge in [-0.25, -0.2) is 0 Å². The second kappa shape index (κ2) is 6.82. The van der Waals surface area contributed by atoms with Crippen molar-refractivity contribution in [3.8, 4) is 5.75 Å². The van der Waals surface area contributed by atoms with Crippen LogP contribution in [0.3, 0.4) is 0 Å². The molecule has 146 valence electrons. The molecule has 1 aromatic rings. The number of nitrogens with zero attached hydrogens (tertiary/aromatic N) is 1. The first-order chi connectivity index (χ1) is 12.9. The van der Waals surface area contributed by atoms with Crippen LogP contribution in [0.4, 0.5) is 0 Å². The molecule has 2 amide bonds. The van der Waals surface area contributed by atoms with E-state index < -0.39 is 0 Å². The van der Waals surface area contributed by atoms with Crippen molar-refractivity contribution in [3.05, 3.63) is 29.8 Å². The van der Waals surface area contributed by atoms with Gasteiger partial charge in [0.15, 0.2) is 0 Å². The molecule has 6 heteroatoms. The first kappa shape index (κ1) is 18.3. The quantitative estimate of drug-likeness (QED) is 0.828. The van der Waals surface area contributed by atoms with E-state index in [0.717, 1.165) is 37.0 Å². The first-order valence-corrected chi connectivity index (χ1v) is 9.79. The molecule has 1 spiro atoms. The fourth-order valence-corrected chi connectivity index (χ4v) is 4.06. The molecule has 4 rings (SSSR count). The number of benzene rings is 1. The number of carbonyl (C=O) groups is 2. The summed E-state index contributed by atoms with van der Waals surface area (Å²) in [6.45, 7) is 3.87. The van der Waals surface area contributed by atoms with E-state index in [1.807, 2.05) is 36.1 Å². The van der Waals surface area contributed by atoms with Crippen molar-refractivity contribution in [2.45, 2.75) is 50.7 Å². The van der Waals surface area contributed by atoms with E-state index in [0.29, 0.717) is 26.1 Å². The Labute approximate surface area is 160 Å². The zero-order chi connectivity index (χ0) is 19.1. The van der Waals surface area contributed by atoms with Crippen LogP contribution in [0.5, 0.6) is 5.75 Å². The van der Waals surface area contributed by atoms with E-state index >= 15 is 0 Å². The Morgan fingerprint density at radius 2 is 2.00 bits per heavy atom. The van der Waals surface area contributed by atoms with Crippen molar-refractivity contribution < 1.29 is 19.1 Å². The summed E-state index contributed by atoms with van der Waals surface area (Å²) in [4.78, 5) is 26.5. The number of amides is 2. The molecule has 3 aliphatic rings. The monoisotopic (exact) mass is 372 g/mol. The van der Waals surface area contributed by atoms with Crippen molar-refractivity contribution >= 4 is 11.8 Å². The number of rotatable bonds is 6. The number of nitrogens with one attached hydrogen (secondary N) is 1. The average molecular weight is 372 g/mol. The van der Waals surface area contributed by atoms with E-state index in [1.54, 1.807) is 7.11 Å². The van der Waals surface area contributed by atoms with Gasteiger partial charge in [0.05, 0.1) is 32.7 Å². The van der Waals surface area contributed by atoms with Crippen LogP contribution in [0.1, 0.15) is 38.2 Å². The maximum Gasteiger partial charge on any atom is 0.227 e. The Morgan fingerprint density at radius 1 is 1.26 bits per heavy atom. The third-order valence-electron chi connectivity index (χ3n) is 6.22. The highest BCUT2D eigenvalue weighted by atomic mass is 16.5. The first-order valence-electron chi connectivity index (χ1n) is 9.79. The van der Waals surface area contributed by atoms with E-state index in [2.05, 4.69) is 5.32 Å². The minimum atomic E-state index is -0.213. The molecule has 0 bridgehead atoms. The Balaban J connectivity index is 1.24. The fourth-order valence-electron chi connectivity index (χ4n) is 4.06. The van der Waals surface area contributed by atoms with Gasteiger partial charge in [-0.3, -0.25) is 9.59 Å². The third-order valence-corrected chi connectivity index (χ3v) is 6.22. The van der Waals surface area contributed by atoms with Crippen LogP contribution in [0.15, 0.2) is 24.3 Å². The van der Waals surface area contributed by atoms with Crippen molar-refractivity contribution in [1.29, 1.82) is 0 Å². The van der Waals surface area contributed by atoms with Crippen LogP contribution in [-0.4, -0.2) is 55.2 Å². The lowest BCUT2D eigenvalue weighted by atomic mass is 9.90. The van der Waals surface area contributed by atoms with Gasteiger partial charge in [-0.2, -0.15) is 0 Å². The zero-order valence-electron chi connectivity index (χ0n) is 16.1. The van der Waals surface area contributed by atoms with E-state index in [1.165, 1.54) is 0 Å². The lowest BCUT2D eigenvalue weighted by molar-refractivity contribution is -0.164. The summed E-state index contributed by atoms with van der Waals surface area (Å²) in [6, 6.07) is 7.63. The molecule has 2 heterocycles. The van der Waals surface area contributed by atoms with Crippen molar-refractivity contribution in [2.24, 2.45) is 5.41 Å². The van der Waals surface area contributed by atoms with Crippen LogP contribution in [0, 0.1) is 5.41 Å². The van der Waals surface area contributed by atoms with Gasteiger partial charge >= 0.3 is 0 Å². The second-order valence-electron chi connectivity index (χ2n) is 8.47. The summed E-state index contributed by atoms with van der Waals surface area (Å²) in [5, 5.41) is 3.03. The maximum atomic E-state index is 12.6. The number of methoxy groups -OCH3 is 1. The average Bonchev–Trinajstić information content (AvgIpc) is 3.24. The topological polar surface area (TPSA) is 67.9 Å². The van der Waals surface area contributed by atoms with Gasteiger partial charge in [-0.15, -0.1) is 0 Å². The number of ether oxygens (including phenoxy) is 2. The highest BCUT2D eigenvalue weighted by Gasteiger charge is 2.51. The molecular formula is C21H28N2O4. The highest BCUT2D eigenvalue weighted by Crippen LogP contribution is 2.45. The molecule has 2 aliphatic heterocycles. The number of likely N-dealkylation sites (tertiary alicyclic amines) is 1. The van der Waals surface area contributed by atoms with Crippen LogP contribution in [0.2, 0.25) is 0 Å². The van der Waals surface area contributed by atoms with Crippen molar-refractivity contribution in [2.75, 3.05) is 26.7 Å². The molecule has 27 heavy (non-hydrogen) atoms. The van der Waals surface area contributed by atoms with Gasteiger partial charge in [-0.1, -0.05) is 25.1 Å². The molecule has 1 saturated carbocycles. The Morgan fingerprint density at radius 3 is 2.70 bits per heavy atom. The molecular weight excluding hydrogens is 344 g/mol. The summed E-state index contributed by atoms with van der Waals surface area (Å²) in [5.41, 5.74) is 0.552. The SMILES string of the molecule is COc1ccccc1CC(=O)N1CC2(CCC(CNC(=O)C3(C)CC3)O2)C1. The van der Waals surface area contributed by atoms with E-state index in [-0.39, 0.29) is 28.9 Å². The van der Waals surface area contributed by atoms with Crippen LogP contribution in [-0.2, 0) is 20.7 Å².